The maximum Gasteiger partial charge on any atom is 0.326 e. The molecule has 0 atom stereocenters. The lowest BCUT2D eigenvalue weighted by molar-refractivity contribution is 0.432. The molecule has 0 unspecified atom stereocenters. The standard InChI is InChI=1S/C18H16N4O2/c1-2-10-22-15-9-8-13(11-14(15)19-18(22)23)16-20-17(24-21-16)12-6-4-3-5-7-12/h3-9,11H,2,10H2,1H3,(H,19,23). The summed E-state index contributed by atoms with van der Waals surface area (Å²) in [5.41, 5.74) is 3.25. The number of fused-ring (bicyclic) bond motifs is 1. The van der Waals surface area contributed by atoms with Crippen molar-refractivity contribution in [1.29, 1.82) is 0 Å². The molecule has 0 saturated carbocycles. The van der Waals surface area contributed by atoms with Crippen molar-refractivity contribution in [1.82, 2.24) is 19.7 Å². The second-order valence-corrected chi connectivity index (χ2v) is 5.60. The molecule has 0 aliphatic rings. The molecule has 0 aliphatic heterocycles. The van der Waals surface area contributed by atoms with Gasteiger partial charge in [0.1, 0.15) is 0 Å². The summed E-state index contributed by atoms with van der Waals surface area (Å²) in [4.78, 5) is 19.4. The number of benzene rings is 2. The molecule has 0 spiro atoms. The van der Waals surface area contributed by atoms with Gasteiger partial charge in [-0.15, -0.1) is 0 Å². The first-order valence-electron chi connectivity index (χ1n) is 7.88. The second-order valence-electron chi connectivity index (χ2n) is 5.60. The van der Waals surface area contributed by atoms with Gasteiger partial charge in [0.2, 0.25) is 5.82 Å². The van der Waals surface area contributed by atoms with Crippen molar-refractivity contribution in [2.75, 3.05) is 0 Å². The predicted molar refractivity (Wildman–Crippen MR) is 91.6 cm³/mol. The number of hydrogen-bond donors (Lipinski definition) is 1. The fraction of sp³-hybridized carbons (Fsp3) is 0.167. The Kier molecular flexibility index (Phi) is 3.49. The average molecular weight is 320 g/mol. The van der Waals surface area contributed by atoms with Gasteiger partial charge < -0.3 is 9.51 Å². The number of rotatable bonds is 4. The van der Waals surface area contributed by atoms with Crippen LogP contribution in [0.15, 0.2) is 57.8 Å². The Bertz CT molecular complexity index is 1040. The summed E-state index contributed by atoms with van der Waals surface area (Å²) < 4.78 is 7.09. The zero-order valence-electron chi connectivity index (χ0n) is 13.2. The molecule has 0 bridgehead atoms. The van der Waals surface area contributed by atoms with Crippen molar-refractivity contribution in [3.8, 4) is 22.8 Å². The lowest BCUT2D eigenvalue weighted by atomic mass is 10.2. The molecule has 24 heavy (non-hydrogen) atoms. The summed E-state index contributed by atoms with van der Waals surface area (Å²) in [6, 6.07) is 15.3. The number of nitrogens with one attached hydrogen (secondary N) is 1. The second kappa shape index (κ2) is 5.81. The molecule has 0 amide bonds. The molecule has 2 aromatic heterocycles. The Balaban J connectivity index is 1.75. The van der Waals surface area contributed by atoms with Gasteiger partial charge in [-0.05, 0) is 36.8 Å². The van der Waals surface area contributed by atoms with Gasteiger partial charge in [-0.2, -0.15) is 4.98 Å². The van der Waals surface area contributed by atoms with E-state index in [-0.39, 0.29) is 5.69 Å². The van der Waals surface area contributed by atoms with Crippen LogP contribution in [0.5, 0.6) is 0 Å². The Morgan fingerprint density at radius 2 is 1.96 bits per heavy atom. The first-order chi connectivity index (χ1) is 11.8. The van der Waals surface area contributed by atoms with Gasteiger partial charge in [0.25, 0.3) is 5.89 Å². The normalized spacial score (nSPS) is 11.2. The zero-order chi connectivity index (χ0) is 16.5. The SMILES string of the molecule is CCCn1c(=O)[nH]c2cc(-c3noc(-c4ccccc4)n3)ccc21. The van der Waals surface area contributed by atoms with Crippen LogP contribution >= 0.6 is 0 Å². The van der Waals surface area contributed by atoms with Crippen molar-refractivity contribution in [3.63, 3.8) is 0 Å². The maximum atomic E-state index is 12.0. The molecule has 4 rings (SSSR count). The number of H-pyrrole nitrogens is 1. The first kappa shape index (κ1) is 14.4. The van der Waals surface area contributed by atoms with E-state index in [0.717, 1.165) is 28.6 Å². The first-order valence-corrected chi connectivity index (χ1v) is 7.88. The molecule has 2 heterocycles. The highest BCUT2D eigenvalue weighted by atomic mass is 16.5. The number of imidazole rings is 1. The van der Waals surface area contributed by atoms with Gasteiger partial charge in [0.15, 0.2) is 0 Å². The molecule has 2 aromatic carbocycles. The van der Waals surface area contributed by atoms with E-state index < -0.39 is 0 Å². The minimum Gasteiger partial charge on any atom is -0.334 e. The van der Waals surface area contributed by atoms with Gasteiger partial charge >= 0.3 is 5.69 Å². The summed E-state index contributed by atoms with van der Waals surface area (Å²) in [5.74, 6) is 0.975. The van der Waals surface area contributed by atoms with Crippen molar-refractivity contribution in [2.24, 2.45) is 0 Å². The van der Waals surface area contributed by atoms with Gasteiger partial charge in [0, 0.05) is 17.7 Å². The number of aromatic nitrogens is 4. The van der Waals surface area contributed by atoms with E-state index in [1.807, 2.05) is 55.5 Å². The minimum atomic E-state index is -0.0953. The van der Waals surface area contributed by atoms with Crippen LogP contribution < -0.4 is 5.69 Å². The van der Waals surface area contributed by atoms with Crippen molar-refractivity contribution < 1.29 is 4.52 Å². The van der Waals surface area contributed by atoms with Gasteiger partial charge in [-0.1, -0.05) is 30.3 Å². The van der Waals surface area contributed by atoms with Crippen molar-refractivity contribution in [2.45, 2.75) is 19.9 Å². The highest BCUT2D eigenvalue weighted by molar-refractivity contribution is 5.80. The lowest BCUT2D eigenvalue weighted by Crippen LogP contribution is -2.16. The fourth-order valence-electron chi connectivity index (χ4n) is 2.79. The van der Waals surface area contributed by atoms with E-state index in [1.165, 1.54) is 0 Å². The van der Waals surface area contributed by atoms with Crippen LogP contribution in [-0.4, -0.2) is 19.7 Å². The molecule has 6 heteroatoms. The van der Waals surface area contributed by atoms with Crippen LogP contribution in [0.2, 0.25) is 0 Å². The van der Waals surface area contributed by atoms with Crippen LogP contribution in [0.4, 0.5) is 0 Å². The molecule has 6 nitrogen and oxygen atoms in total. The fourth-order valence-corrected chi connectivity index (χ4v) is 2.79. The number of nitrogens with zero attached hydrogens (tertiary/aromatic N) is 3. The highest BCUT2D eigenvalue weighted by Gasteiger charge is 2.12. The Morgan fingerprint density at radius 1 is 1.12 bits per heavy atom. The van der Waals surface area contributed by atoms with Gasteiger partial charge in [0.05, 0.1) is 11.0 Å². The Morgan fingerprint density at radius 3 is 2.75 bits per heavy atom. The monoisotopic (exact) mass is 320 g/mol. The molecule has 1 N–H and O–H groups in total. The third-order valence-electron chi connectivity index (χ3n) is 3.93. The van der Waals surface area contributed by atoms with E-state index in [4.69, 9.17) is 4.52 Å². The van der Waals surface area contributed by atoms with E-state index in [1.54, 1.807) is 4.57 Å². The van der Waals surface area contributed by atoms with Gasteiger partial charge in [-0.25, -0.2) is 4.79 Å². The van der Waals surface area contributed by atoms with E-state index in [9.17, 15) is 4.79 Å². The summed E-state index contributed by atoms with van der Waals surface area (Å²) in [7, 11) is 0. The summed E-state index contributed by atoms with van der Waals surface area (Å²) in [6.07, 6.45) is 0.903. The van der Waals surface area contributed by atoms with Crippen molar-refractivity contribution >= 4 is 11.0 Å². The topological polar surface area (TPSA) is 76.7 Å². The molecule has 0 radical (unpaired) electrons. The number of hydrogen-bond acceptors (Lipinski definition) is 4. The molecular formula is C18H16N4O2. The third kappa shape index (κ3) is 2.42. The summed E-state index contributed by atoms with van der Waals surface area (Å²) in [6.45, 7) is 2.74. The molecule has 4 aromatic rings. The summed E-state index contributed by atoms with van der Waals surface area (Å²) in [5, 5.41) is 4.05. The van der Waals surface area contributed by atoms with Crippen LogP contribution in [0, 0.1) is 0 Å². The number of aryl methyl sites for hydroxylation is 1. The molecule has 0 fully saturated rings. The zero-order valence-corrected chi connectivity index (χ0v) is 13.2. The predicted octanol–water partition coefficient (Wildman–Crippen LogP) is 3.46. The van der Waals surface area contributed by atoms with Crippen LogP contribution in [0.1, 0.15) is 13.3 Å². The van der Waals surface area contributed by atoms with Gasteiger partial charge in [-0.3, -0.25) is 4.57 Å². The molecular weight excluding hydrogens is 304 g/mol. The Hall–Kier alpha value is -3.15. The molecule has 120 valence electrons. The van der Waals surface area contributed by atoms with E-state index >= 15 is 0 Å². The largest absolute Gasteiger partial charge is 0.334 e. The van der Waals surface area contributed by atoms with Crippen LogP contribution in [0.25, 0.3) is 33.9 Å². The third-order valence-corrected chi connectivity index (χ3v) is 3.93. The van der Waals surface area contributed by atoms with Crippen LogP contribution in [-0.2, 0) is 6.54 Å². The minimum absolute atomic E-state index is 0.0953. The average Bonchev–Trinajstić information content (AvgIpc) is 3.21. The molecule has 0 aliphatic carbocycles. The van der Waals surface area contributed by atoms with E-state index in [0.29, 0.717) is 18.3 Å². The quantitative estimate of drug-likeness (QED) is 0.625. The Labute approximate surface area is 137 Å². The smallest absolute Gasteiger partial charge is 0.326 e. The summed E-state index contributed by atoms with van der Waals surface area (Å²) >= 11 is 0. The van der Waals surface area contributed by atoms with Crippen LogP contribution in [0.3, 0.4) is 0 Å². The number of aromatic amines is 1. The van der Waals surface area contributed by atoms with E-state index in [2.05, 4.69) is 15.1 Å². The lowest BCUT2D eigenvalue weighted by Gasteiger charge is -2.00. The molecule has 0 saturated heterocycles. The highest BCUT2D eigenvalue weighted by Crippen LogP contribution is 2.24. The maximum absolute atomic E-state index is 12.0. The van der Waals surface area contributed by atoms with Crippen molar-refractivity contribution in [3.05, 3.63) is 59.0 Å².